The Morgan fingerprint density at radius 1 is 0.837 bits per heavy atom. The third-order valence-electron chi connectivity index (χ3n) is 16.0. The number of rotatable bonds is 26. The van der Waals surface area contributed by atoms with Gasteiger partial charge in [-0.3, -0.25) is 33.8 Å². The van der Waals surface area contributed by atoms with E-state index in [1.165, 1.54) is 10.9 Å². The van der Waals surface area contributed by atoms with Crippen molar-refractivity contribution in [2.45, 2.75) is 114 Å². The van der Waals surface area contributed by atoms with Crippen LogP contribution in [0.4, 0.5) is 16.2 Å². The number of nitrogens with one attached hydrogen (secondary N) is 3. The SMILES string of the molecule is COc1ccc(C(OC[C@H]2O[C@@H](n3nnc4c(NC(=O)c5ccccc5)ncnc43)[C@@H](F)[C@@H]2OP(=S)(OCCC#N)OC[C@H]2O[C@@H](n3cnc4c(=O)[nH]c(NC(=O)C(C)C)nc43)[C@@H](O[P+](=O)[O-])[C@@H]2O[Si](C)(C)C(C)(C)C)(c2ccccc2)c2ccc(OC)cc2)cc1. The van der Waals surface area contributed by atoms with Gasteiger partial charge in [-0.05, 0) is 87.6 Å². The molecule has 0 radical (unpaired) electrons. The Morgan fingerprint density at radius 3 is 2.07 bits per heavy atom. The van der Waals surface area contributed by atoms with E-state index in [-0.39, 0.29) is 47.1 Å². The fraction of sp³-hybridized carbons (Fsp3) is 0.400. The van der Waals surface area contributed by atoms with E-state index < -0.39 is 120 Å². The number of imidazole rings is 1. The number of anilines is 2. The van der Waals surface area contributed by atoms with Crippen molar-refractivity contribution in [3.8, 4) is 17.6 Å². The van der Waals surface area contributed by atoms with Crippen molar-refractivity contribution in [2.24, 2.45) is 5.92 Å². The minimum absolute atomic E-state index is 0.0158. The quantitative estimate of drug-likeness (QED) is 0.0197. The maximum Gasteiger partial charge on any atom is 0.489 e. The molecule has 2 saturated heterocycles. The minimum Gasteiger partial charge on any atom is -0.566 e. The minimum atomic E-state index is -4.44. The zero-order valence-electron chi connectivity index (χ0n) is 51.4. The number of aromatic nitrogens is 9. The van der Waals surface area contributed by atoms with E-state index in [4.69, 9.17) is 58.0 Å². The fourth-order valence-electron chi connectivity index (χ4n) is 10.2. The Morgan fingerprint density at radius 2 is 1.46 bits per heavy atom. The molecule has 8 aromatic rings. The number of nitriles is 1. The highest BCUT2D eigenvalue weighted by Crippen LogP contribution is 2.56. The standard InChI is InChI=1S/C60H67FN12O15P2SSi/c1-35(2)53(74)68-58-67-52-46(55(76)69-58)65-34-72(52)57-49(86-89(77)78)48(88-92(8,9)59(3,4)5)43(85-57)32-83-90(91,82-30-16-29-62)87-47-42(84-56(44(47)61)73-51-45(70-71-73)50(63-33-64-51)66-54(75)36-17-12-10-13-18-36)31-81-60(37-19-14-11-15-20-37,38-21-25-40(79-6)26-22-38)39-23-27-41(80-7)28-24-39/h10-15,17-28,33-35,42-44,47-49,56-57H,16,30-32H2,1-9H3,(H,63,64,66,75)(H2,67,68,69,74,76)/t42-,43-,44+,47-,48-,49+,56-,57-,90?/m1/s1. The van der Waals surface area contributed by atoms with E-state index in [1.54, 1.807) is 82.7 Å². The summed E-state index contributed by atoms with van der Waals surface area (Å²) in [7, 11) is -3.52. The first kappa shape index (κ1) is 67.2. The van der Waals surface area contributed by atoms with Crippen LogP contribution in [-0.2, 0) is 63.5 Å². The molecule has 2 aliphatic rings. The molecule has 3 N–H and O–H groups in total. The smallest absolute Gasteiger partial charge is 0.489 e. The number of H-pyrrole nitrogens is 1. The normalized spacial score (nSPS) is 21.1. The van der Waals surface area contributed by atoms with Crippen molar-refractivity contribution in [1.82, 2.24) is 44.5 Å². The molecule has 27 nitrogen and oxygen atoms in total. The van der Waals surface area contributed by atoms with Crippen molar-refractivity contribution in [3.05, 3.63) is 154 Å². The molecule has 0 saturated carbocycles. The summed E-state index contributed by atoms with van der Waals surface area (Å²) >= 11 is 6.24. The Hall–Kier alpha value is -7.72. The number of amides is 2. The number of halogens is 1. The number of carbonyl (C=O) groups is 2. The van der Waals surface area contributed by atoms with Crippen LogP contribution in [0, 0.1) is 17.2 Å². The molecule has 4 aromatic carbocycles. The van der Waals surface area contributed by atoms with E-state index in [0.29, 0.717) is 33.8 Å². The monoisotopic (exact) mass is 1340 g/mol. The van der Waals surface area contributed by atoms with E-state index >= 15 is 4.39 Å². The van der Waals surface area contributed by atoms with Gasteiger partial charge in [0.05, 0.1) is 52.9 Å². The number of hydrogen-bond donors (Lipinski definition) is 3. The van der Waals surface area contributed by atoms with Crippen LogP contribution in [0.1, 0.15) is 80.5 Å². The average Bonchev–Trinajstić information content (AvgIpc) is 1.37. The largest absolute Gasteiger partial charge is 0.566 e. The molecule has 0 aliphatic carbocycles. The third kappa shape index (κ3) is 14.3. The molecule has 0 spiro atoms. The van der Waals surface area contributed by atoms with Crippen molar-refractivity contribution in [1.29, 1.82) is 5.26 Å². The molecule has 6 heterocycles. The first-order chi connectivity index (χ1) is 44.0. The van der Waals surface area contributed by atoms with Crippen LogP contribution in [0.15, 0.2) is 127 Å². The second-order valence-corrected chi connectivity index (χ2v) is 31.6. The zero-order valence-corrected chi connectivity index (χ0v) is 55.0. The molecule has 10 rings (SSSR count). The number of benzene rings is 4. The molecular weight excluding hydrogens is 1270 g/mol. The summed E-state index contributed by atoms with van der Waals surface area (Å²) in [5, 5.41) is 23.2. The Labute approximate surface area is 534 Å². The van der Waals surface area contributed by atoms with Gasteiger partial charge in [-0.25, -0.2) is 19.3 Å². The number of aromatic amines is 1. The highest BCUT2D eigenvalue weighted by Gasteiger charge is 2.56. The summed E-state index contributed by atoms with van der Waals surface area (Å²) in [6, 6.07) is 34.2. The van der Waals surface area contributed by atoms with Crippen molar-refractivity contribution in [2.75, 3.05) is 44.7 Å². The van der Waals surface area contributed by atoms with Gasteiger partial charge in [-0.1, -0.05) is 113 Å². The summed E-state index contributed by atoms with van der Waals surface area (Å²) in [4.78, 5) is 72.5. The molecule has 484 valence electrons. The molecule has 4 aromatic heterocycles. The number of alkyl halides is 1. The Bertz CT molecular complexity index is 4040. The third-order valence-corrected chi connectivity index (χ3v) is 23.2. The van der Waals surface area contributed by atoms with Gasteiger partial charge >= 0.3 is 15.0 Å². The Balaban J connectivity index is 1.05. The highest BCUT2D eigenvalue weighted by molar-refractivity contribution is 8.07. The van der Waals surface area contributed by atoms with Crippen LogP contribution in [-0.4, -0.2) is 135 Å². The molecular formula is C60H67FN12O15P2SSi. The van der Waals surface area contributed by atoms with Gasteiger partial charge < -0.3 is 47.4 Å². The van der Waals surface area contributed by atoms with Gasteiger partial charge in [0, 0.05) is 11.5 Å². The second-order valence-electron chi connectivity index (χ2n) is 23.2. The molecule has 0 bridgehead atoms. The Kier molecular flexibility index (Phi) is 20.6. The summed E-state index contributed by atoms with van der Waals surface area (Å²) in [5.41, 5.74) is -0.402. The van der Waals surface area contributed by atoms with Gasteiger partial charge in [-0.15, -0.1) is 9.62 Å². The van der Waals surface area contributed by atoms with Gasteiger partial charge in [0.25, 0.3) is 11.5 Å². The second kappa shape index (κ2) is 28.2. The highest BCUT2D eigenvalue weighted by atomic mass is 32.5. The number of ether oxygens (including phenoxy) is 5. The summed E-state index contributed by atoms with van der Waals surface area (Å²) in [5.74, 6) is -0.628. The number of methoxy groups -OCH3 is 2. The van der Waals surface area contributed by atoms with Crippen LogP contribution >= 0.6 is 15.0 Å². The summed E-state index contributed by atoms with van der Waals surface area (Å²) in [6.07, 6.45) is -10.7. The first-order valence-electron chi connectivity index (χ1n) is 29.0. The van der Waals surface area contributed by atoms with Gasteiger partial charge in [0.2, 0.25) is 11.9 Å². The molecule has 2 unspecified atom stereocenters. The van der Waals surface area contributed by atoms with E-state index in [0.717, 1.165) is 11.0 Å². The predicted octanol–water partition coefficient (Wildman–Crippen LogP) is 8.71. The lowest BCUT2D eigenvalue weighted by atomic mass is 9.80. The maximum atomic E-state index is 18.5. The molecule has 92 heavy (non-hydrogen) atoms. The maximum absolute atomic E-state index is 18.5. The molecule has 32 heteroatoms. The number of hydrogen-bond acceptors (Lipinski definition) is 23. The van der Waals surface area contributed by atoms with Gasteiger partial charge in [0.1, 0.15) is 47.8 Å². The first-order valence-corrected chi connectivity index (χ1v) is 35.6. The van der Waals surface area contributed by atoms with E-state index in [2.05, 4.69) is 45.9 Å². The van der Waals surface area contributed by atoms with Crippen LogP contribution in [0.3, 0.4) is 0 Å². The van der Waals surface area contributed by atoms with Crippen molar-refractivity contribution < 1.29 is 69.6 Å². The molecule has 2 aliphatic heterocycles. The number of carbonyl (C=O) groups excluding carboxylic acids is 2. The van der Waals surface area contributed by atoms with E-state index in [9.17, 15) is 29.1 Å². The van der Waals surface area contributed by atoms with Crippen LogP contribution in [0.25, 0.3) is 22.3 Å². The lowest BCUT2D eigenvalue weighted by molar-refractivity contribution is -0.194. The zero-order chi connectivity index (χ0) is 65.7. The molecule has 10 atom stereocenters. The topological polar surface area (TPSA) is 334 Å². The van der Waals surface area contributed by atoms with Crippen LogP contribution in [0.2, 0.25) is 18.1 Å². The average molecular weight is 1340 g/mol. The summed E-state index contributed by atoms with van der Waals surface area (Å²) < 4.78 is 97.8. The summed E-state index contributed by atoms with van der Waals surface area (Å²) in [6.45, 7) is 7.12. The van der Waals surface area contributed by atoms with E-state index in [1.807, 2.05) is 94.5 Å². The lowest BCUT2D eigenvalue weighted by Gasteiger charge is -2.40. The predicted molar refractivity (Wildman–Crippen MR) is 336 cm³/mol. The van der Waals surface area contributed by atoms with Gasteiger partial charge in [-0.2, -0.15) is 14.9 Å². The van der Waals surface area contributed by atoms with Crippen LogP contribution in [0.5, 0.6) is 11.5 Å². The fourth-order valence-corrected chi connectivity index (χ4v) is 14.1. The van der Waals surface area contributed by atoms with Crippen molar-refractivity contribution >= 4 is 81.0 Å². The number of fused-ring (bicyclic) bond motifs is 2. The molecule has 2 amide bonds. The molecule has 2 fully saturated rings. The van der Waals surface area contributed by atoms with Crippen molar-refractivity contribution in [3.63, 3.8) is 0 Å². The number of nitrogens with zero attached hydrogens (tertiary/aromatic N) is 9. The lowest BCUT2D eigenvalue weighted by Crippen LogP contribution is -2.50. The van der Waals surface area contributed by atoms with Crippen LogP contribution < -0.4 is 30.6 Å². The van der Waals surface area contributed by atoms with Gasteiger partial charge in [0.15, 0.2) is 61.2 Å².